The number of amides is 1. The number of hydrogen-bond acceptors (Lipinski definition) is 3. The normalized spacial score (nSPS) is 22.6. The quantitative estimate of drug-likeness (QED) is 0.804. The smallest absolute Gasteiger partial charge is 0.393 e. The van der Waals surface area contributed by atoms with Crippen molar-refractivity contribution >= 4 is 17.6 Å². The molecule has 3 atom stereocenters. The zero-order valence-electron chi connectivity index (χ0n) is 13.0. The van der Waals surface area contributed by atoms with Gasteiger partial charge >= 0.3 is 12.1 Å². The van der Waals surface area contributed by atoms with E-state index in [0.717, 1.165) is 23.1 Å². The van der Waals surface area contributed by atoms with Gasteiger partial charge in [-0.1, -0.05) is 6.07 Å². The second-order valence-corrected chi connectivity index (χ2v) is 5.81. The molecular formula is C15H15F5N2O3. The first-order valence-electron chi connectivity index (χ1n) is 7.30. The van der Waals surface area contributed by atoms with E-state index in [1.807, 2.05) is 5.32 Å². The van der Waals surface area contributed by atoms with Crippen LogP contribution < -0.4 is 5.32 Å². The van der Waals surface area contributed by atoms with E-state index in [0.29, 0.717) is 0 Å². The lowest BCUT2D eigenvalue weighted by Crippen LogP contribution is -2.41. The van der Waals surface area contributed by atoms with Crippen LogP contribution in [-0.2, 0) is 9.59 Å². The van der Waals surface area contributed by atoms with Gasteiger partial charge in [0.15, 0.2) is 0 Å². The minimum atomic E-state index is -4.73. The number of carboxylic acid groups (broad SMARTS) is 1. The SMILES string of the molecule is CC(C(=O)Nc1c(F)cccc1F)N1C[C@@H](C(F)(F)F)[C@H](C(=O)O)C1. The number of benzene rings is 1. The highest BCUT2D eigenvalue weighted by Crippen LogP contribution is 2.38. The Bertz CT molecular complexity index is 659. The van der Waals surface area contributed by atoms with E-state index in [9.17, 15) is 31.5 Å². The summed E-state index contributed by atoms with van der Waals surface area (Å²) in [5.74, 6) is -8.43. The van der Waals surface area contributed by atoms with E-state index in [-0.39, 0.29) is 0 Å². The molecule has 0 bridgehead atoms. The van der Waals surface area contributed by atoms with Gasteiger partial charge in [0, 0.05) is 13.1 Å². The number of para-hydroxylation sites is 1. The predicted octanol–water partition coefficient (Wildman–Crippen LogP) is 2.49. The molecule has 1 heterocycles. The largest absolute Gasteiger partial charge is 0.481 e. The molecule has 1 aromatic rings. The number of carbonyl (C=O) groups is 2. The van der Waals surface area contributed by atoms with E-state index in [1.54, 1.807) is 0 Å². The number of carboxylic acids is 1. The van der Waals surface area contributed by atoms with Crippen molar-refractivity contribution in [3.8, 4) is 0 Å². The molecule has 2 N–H and O–H groups in total. The number of anilines is 1. The fraction of sp³-hybridized carbons (Fsp3) is 0.467. The minimum Gasteiger partial charge on any atom is -0.481 e. The van der Waals surface area contributed by atoms with Crippen molar-refractivity contribution in [2.45, 2.75) is 19.1 Å². The molecule has 0 aliphatic carbocycles. The lowest BCUT2D eigenvalue weighted by molar-refractivity contribution is -0.188. The second-order valence-electron chi connectivity index (χ2n) is 5.81. The molecule has 1 unspecified atom stereocenters. The molecule has 138 valence electrons. The standard InChI is InChI=1S/C15H15F5N2O3/c1-7(13(23)21-12-10(16)3-2-4-11(12)17)22-5-8(14(24)25)9(6-22)15(18,19)20/h2-4,7-9H,5-6H2,1H3,(H,21,23)(H,24,25)/t7?,8-,9-/m1/s1. The van der Waals surface area contributed by atoms with Crippen LogP contribution in [0.5, 0.6) is 0 Å². The number of hydrogen-bond donors (Lipinski definition) is 2. The van der Waals surface area contributed by atoms with E-state index in [1.165, 1.54) is 6.92 Å². The summed E-state index contributed by atoms with van der Waals surface area (Å²) in [5, 5.41) is 11.0. The maximum Gasteiger partial charge on any atom is 0.393 e. The molecule has 25 heavy (non-hydrogen) atoms. The summed E-state index contributed by atoms with van der Waals surface area (Å²) in [6, 6.07) is 1.72. The molecule has 1 aliphatic heterocycles. The summed E-state index contributed by atoms with van der Waals surface area (Å²) in [7, 11) is 0. The molecule has 0 radical (unpaired) electrons. The Balaban J connectivity index is 2.13. The van der Waals surface area contributed by atoms with Crippen molar-refractivity contribution in [1.29, 1.82) is 0 Å². The monoisotopic (exact) mass is 366 g/mol. The Morgan fingerprint density at radius 2 is 1.80 bits per heavy atom. The maximum atomic E-state index is 13.5. The number of nitrogens with zero attached hydrogens (tertiary/aromatic N) is 1. The predicted molar refractivity (Wildman–Crippen MR) is 76.7 cm³/mol. The molecule has 1 aromatic carbocycles. The molecule has 10 heteroatoms. The summed E-state index contributed by atoms with van der Waals surface area (Å²) in [4.78, 5) is 24.2. The van der Waals surface area contributed by atoms with Gasteiger partial charge in [0.2, 0.25) is 5.91 Å². The molecule has 1 fully saturated rings. The van der Waals surface area contributed by atoms with E-state index in [4.69, 9.17) is 5.11 Å². The van der Waals surface area contributed by atoms with E-state index in [2.05, 4.69) is 0 Å². The lowest BCUT2D eigenvalue weighted by Gasteiger charge is -2.24. The van der Waals surface area contributed by atoms with Crippen molar-refractivity contribution in [1.82, 2.24) is 4.90 Å². The number of nitrogens with one attached hydrogen (secondary N) is 1. The highest BCUT2D eigenvalue weighted by Gasteiger charge is 2.53. The average Bonchev–Trinajstić information content (AvgIpc) is 2.95. The van der Waals surface area contributed by atoms with Gasteiger partial charge in [-0.15, -0.1) is 0 Å². The van der Waals surface area contributed by atoms with Crippen LogP contribution in [0.4, 0.5) is 27.6 Å². The topological polar surface area (TPSA) is 69.6 Å². The van der Waals surface area contributed by atoms with Crippen molar-refractivity contribution in [3.63, 3.8) is 0 Å². The first-order chi connectivity index (χ1) is 11.5. The lowest BCUT2D eigenvalue weighted by atomic mass is 9.96. The van der Waals surface area contributed by atoms with Gasteiger partial charge in [-0.3, -0.25) is 14.5 Å². The Labute approximate surface area is 139 Å². The molecule has 0 aromatic heterocycles. The Kier molecular flexibility index (Phi) is 5.31. The molecule has 0 spiro atoms. The first kappa shape index (κ1) is 19.1. The fourth-order valence-corrected chi connectivity index (χ4v) is 2.74. The Morgan fingerprint density at radius 3 is 2.24 bits per heavy atom. The van der Waals surface area contributed by atoms with Crippen LogP contribution in [0.2, 0.25) is 0 Å². The molecule has 1 saturated heterocycles. The third kappa shape index (κ3) is 4.06. The van der Waals surface area contributed by atoms with Crippen LogP contribution >= 0.6 is 0 Å². The highest BCUT2D eigenvalue weighted by atomic mass is 19.4. The average molecular weight is 366 g/mol. The number of alkyl halides is 3. The number of halogens is 5. The first-order valence-corrected chi connectivity index (χ1v) is 7.30. The van der Waals surface area contributed by atoms with Crippen molar-refractivity contribution in [2.24, 2.45) is 11.8 Å². The van der Waals surface area contributed by atoms with Gasteiger partial charge in [-0.2, -0.15) is 13.2 Å². The van der Waals surface area contributed by atoms with Gasteiger partial charge in [0.25, 0.3) is 0 Å². The van der Waals surface area contributed by atoms with Crippen molar-refractivity contribution < 1.29 is 36.6 Å². The van der Waals surface area contributed by atoms with Crippen LogP contribution in [0.1, 0.15) is 6.92 Å². The zero-order chi connectivity index (χ0) is 18.9. The van der Waals surface area contributed by atoms with Gasteiger partial charge < -0.3 is 10.4 Å². The molecule has 0 saturated carbocycles. The summed E-state index contributed by atoms with van der Waals surface area (Å²) in [6.07, 6.45) is -4.73. The zero-order valence-corrected chi connectivity index (χ0v) is 13.0. The third-order valence-electron chi connectivity index (χ3n) is 4.22. The Hall–Kier alpha value is -2.23. The summed E-state index contributed by atoms with van der Waals surface area (Å²) < 4.78 is 66.0. The van der Waals surface area contributed by atoms with Crippen LogP contribution in [0, 0.1) is 23.5 Å². The third-order valence-corrected chi connectivity index (χ3v) is 4.22. The fourth-order valence-electron chi connectivity index (χ4n) is 2.74. The number of carbonyl (C=O) groups excluding carboxylic acids is 1. The summed E-state index contributed by atoms with van der Waals surface area (Å²) in [5.41, 5.74) is -0.708. The van der Waals surface area contributed by atoms with Crippen LogP contribution in [-0.4, -0.2) is 47.2 Å². The minimum absolute atomic E-state index is 0.492. The number of rotatable bonds is 4. The molecule has 5 nitrogen and oxygen atoms in total. The van der Waals surface area contributed by atoms with Crippen molar-refractivity contribution in [3.05, 3.63) is 29.8 Å². The molecular weight excluding hydrogens is 351 g/mol. The Morgan fingerprint density at radius 1 is 1.24 bits per heavy atom. The van der Waals surface area contributed by atoms with Crippen LogP contribution in [0.15, 0.2) is 18.2 Å². The van der Waals surface area contributed by atoms with Gasteiger partial charge in [0.05, 0.1) is 17.9 Å². The molecule has 1 amide bonds. The second kappa shape index (κ2) is 6.95. The maximum absolute atomic E-state index is 13.5. The summed E-state index contributed by atoms with van der Waals surface area (Å²) >= 11 is 0. The van der Waals surface area contributed by atoms with Gasteiger partial charge in [-0.25, -0.2) is 8.78 Å². The van der Waals surface area contributed by atoms with Crippen LogP contribution in [0.3, 0.4) is 0 Å². The van der Waals surface area contributed by atoms with E-state index < -0.39 is 66.3 Å². The van der Waals surface area contributed by atoms with Gasteiger partial charge in [-0.05, 0) is 19.1 Å². The van der Waals surface area contributed by atoms with Crippen LogP contribution in [0.25, 0.3) is 0 Å². The summed E-state index contributed by atoms with van der Waals surface area (Å²) in [6.45, 7) is 0.0639. The number of aliphatic carboxylic acids is 1. The number of likely N-dealkylation sites (tertiary alicyclic amines) is 1. The van der Waals surface area contributed by atoms with Crippen molar-refractivity contribution in [2.75, 3.05) is 18.4 Å². The molecule has 1 aliphatic rings. The van der Waals surface area contributed by atoms with Gasteiger partial charge in [0.1, 0.15) is 17.3 Å². The van der Waals surface area contributed by atoms with E-state index >= 15 is 0 Å². The molecule has 2 rings (SSSR count). The highest BCUT2D eigenvalue weighted by molar-refractivity contribution is 5.94.